The molecule has 98 valence electrons. The molecule has 5 heteroatoms. The number of nitrogens with one attached hydrogen (secondary N) is 1. The maximum Gasteiger partial charge on any atom is 0.173 e. The van der Waals surface area contributed by atoms with Crippen molar-refractivity contribution in [2.24, 2.45) is 5.92 Å². The summed E-state index contributed by atoms with van der Waals surface area (Å²) in [4.78, 5) is 2.03. The second-order valence-corrected chi connectivity index (χ2v) is 5.13. The molecule has 2 nitrogen and oxygen atoms in total. The molecule has 0 spiro atoms. The van der Waals surface area contributed by atoms with E-state index in [9.17, 15) is 8.78 Å². The van der Waals surface area contributed by atoms with Crippen LogP contribution >= 0.6 is 12.2 Å². The number of benzene rings is 1. The number of anilines is 1. The second kappa shape index (κ2) is 5.61. The minimum Gasteiger partial charge on any atom is -0.349 e. The fraction of sp³-hybridized carbons (Fsp3) is 0.462. The molecule has 1 unspecified atom stereocenters. The Morgan fingerprint density at radius 1 is 1.44 bits per heavy atom. The van der Waals surface area contributed by atoms with Crippen LogP contribution in [0.1, 0.15) is 19.8 Å². The lowest BCUT2D eigenvalue weighted by molar-refractivity contribution is 0.276. The predicted molar refractivity (Wildman–Crippen MR) is 72.5 cm³/mol. The molecule has 0 bridgehead atoms. The van der Waals surface area contributed by atoms with Crippen molar-refractivity contribution in [1.29, 1.82) is 0 Å². The number of hydrogen-bond donors (Lipinski definition) is 1. The minimum atomic E-state index is -0.623. The fourth-order valence-electron chi connectivity index (χ4n) is 2.16. The molecule has 0 aromatic heterocycles. The van der Waals surface area contributed by atoms with Crippen molar-refractivity contribution in [3.8, 4) is 0 Å². The lowest BCUT2D eigenvalue weighted by Gasteiger charge is -2.33. The largest absolute Gasteiger partial charge is 0.349 e. The number of rotatable bonds is 1. The Hall–Kier alpha value is -1.23. The van der Waals surface area contributed by atoms with Gasteiger partial charge in [-0.15, -0.1) is 0 Å². The summed E-state index contributed by atoms with van der Waals surface area (Å²) in [5.41, 5.74) is 0.222. The van der Waals surface area contributed by atoms with Crippen molar-refractivity contribution in [3.63, 3.8) is 0 Å². The van der Waals surface area contributed by atoms with Crippen LogP contribution in [0.4, 0.5) is 14.5 Å². The molecule has 1 aromatic carbocycles. The van der Waals surface area contributed by atoms with Crippen LogP contribution in [0, 0.1) is 17.6 Å². The average molecular weight is 270 g/mol. The third-order valence-electron chi connectivity index (χ3n) is 3.12. The monoisotopic (exact) mass is 270 g/mol. The Labute approximate surface area is 111 Å². The van der Waals surface area contributed by atoms with Crippen LogP contribution in [0.25, 0.3) is 0 Å². The maximum atomic E-state index is 13.5. The SMILES string of the molecule is CC1CCCN(C(=S)Nc2ccc(F)cc2F)C1. The van der Waals surface area contributed by atoms with Gasteiger partial charge in [0.25, 0.3) is 0 Å². The first-order valence-corrected chi connectivity index (χ1v) is 6.48. The quantitative estimate of drug-likeness (QED) is 0.787. The first kappa shape index (κ1) is 13.2. The standard InChI is InChI=1S/C13H16F2N2S/c1-9-3-2-6-17(8-9)13(18)16-12-5-4-10(14)7-11(12)15/h4-5,7,9H,2-3,6,8H2,1H3,(H,16,18). The van der Waals surface area contributed by atoms with Crippen LogP contribution in [-0.2, 0) is 0 Å². The second-order valence-electron chi connectivity index (χ2n) is 4.75. The van der Waals surface area contributed by atoms with E-state index in [-0.39, 0.29) is 5.69 Å². The molecular weight excluding hydrogens is 254 g/mol. The molecule has 1 aromatic rings. The highest BCUT2D eigenvalue weighted by atomic mass is 32.1. The van der Waals surface area contributed by atoms with Crippen LogP contribution in [0.3, 0.4) is 0 Å². The Bertz CT molecular complexity index is 451. The number of hydrogen-bond acceptors (Lipinski definition) is 1. The highest BCUT2D eigenvalue weighted by Gasteiger charge is 2.19. The molecular formula is C13H16F2N2S. The zero-order chi connectivity index (χ0) is 13.1. The summed E-state index contributed by atoms with van der Waals surface area (Å²) in [6.07, 6.45) is 2.29. The van der Waals surface area contributed by atoms with Gasteiger partial charge >= 0.3 is 0 Å². The van der Waals surface area contributed by atoms with Gasteiger partial charge in [0.15, 0.2) is 5.11 Å². The summed E-state index contributed by atoms with van der Waals surface area (Å²) < 4.78 is 26.3. The predicted octanol–water partition coefficient (Wildman–Crippen LogP) is 3.39. The first-order valence-electron chi connectivity index (χ1n) is 6.07. The lowest BCUT2D eigenvalue weighted by Crippen LogP contribution is -2.41. The van der Waals surface area contributed by atoms with Crippen LogP contribution < -0.4 is 5.32 Å². The summed E-state index contributed by atoms with van der Waals surface area (Å²) in [6, 6.07) is 3.43. The number of nitrogens with zero attached hydrogens (tertiary/aromatic N) is 1. The van der Waals surface area contributed by atoms with Crippen molar-refractivity contribution >= 4 is 23.0 Å². The summed E-state index contributed by atoms with van der Waals surface area (Å²) in [5, 5.41) is 3.35. The van der Waals surface area contributed by atoms with Crippen molar-refractivity contribution < 1.29 is 8.78 Å². The smallest absolute Gasteiger partial charge is 0.173 e. The van der Waals surface area contributed by atoms with Crippen molar-refractivity contribution in [2.75, 3.05) is 18.4 Å². The highest BCUT2D eigenvalue weighted by molar-refractivity contribution is 7.80. The topological polar surface area (TPSA) is 15.3 Å². The molecule has 0 aliphatic carbocycles. The highest BCUT2D eigenvalue weighted by Crippen LogP contribution is 2.19. The molecule has 2 rings (SSSR count). The molecule has 1 aliphatic rings. The maximum absolute atomic E-state index is 13.5. The van der Waals surface area contributed by atoms with E-state index in [0.717, 1.165) is 25.6 Å². The Balaban J connectivity index is 2.02. The van der Waals surface area contributed by atoms with Crippen molar-refractivity contribution in [2.45, 2.75) is 19.8 Å². The molecule has 1 N–H and O–H groups in total. The first-order chi connectivity index (χ1) is 8.56. The fourth-order valence-corrected chi connectivity index (χ4v) is 2.43. The van der Waals surface area contributed by atoms with Gasteiger partial charge in [0.2, 0.25) is 0 Å². The van der Waals surface area contributed by atoms with Gasteiger partial charge in [0.05, 0.1) is 5.69 Å². The van der Waals surface area contributed by atoms with Gasteiger partial charge in [-0.3, -0.25) is 0 Å². The van der Waals surface area contributed by atoms with E-state index in [2.05, 4.69) is 12.2 Å². The van der Waals surface area contributed by atoms with Gasteiger partial charge < -0.3 is 10.2 Å². The van der Waals surface area contributed by atoms with Gasteiger partial charge in [-0.2, -0.15) is 0 Å². The Morgan fingerprint density at radius 2 is 2.22 bits per heavy atom. The van der Waals surface area contributed by atoms with Gasteiger partial charge in [-0.25, -0.2) is 8.78 Å². The van der Waals surface area contributed by atoms with E-state index < -0.39 is 11.6 Å². The normalized spacial score (nSPS) is 19.7. The van der Waals surface area contributed by atoms with Crippen LogP contribution in [-0.4, -0.2) is 23.1 Å². The minimum absolute atomic E-state index is 0.222. The lowest BCUT2D eigenvalue weighted by atomic mass is 10.0. The van der Waals surface area contributed by atoms with Crippen molar-refractivity contribution in [3.05, 3.63) is 29.8 Å². The number of likely N-dealkylation sites (tertiary alicyclic amines) is 1. The summed E-state index contributed by atoms with van der Waals surface area (Å²) in [7, 11) is 0. The molecule has 1 saturated heterocycles. The number of halogens is 2. The average Bonchev–Trinajstić information content (AvgIpc) is 2.32. The summed E-state index contributed by atoms with van der Waals surface area (Å²) >= 11 is 5.26. The zero-order valence-electron chi connectivity index (χ0n) is 10.2. The van der Waals surface area contributed by atoms with Gasteiger partial charge in [-0.1, -0.05) is 6.92 Å². The molecule has 0 saturated carbocycles. The molecule has 1 heterocycles. The number of piperidine rings is 1. The van der Waals surface area contributed by atoms with Crippen LogP contribution in [0.15, 0.2) is 18.2 Å². The van der Waals surface area contributed by atoms with E-state index in [1.165, 1.54) is 18.6 Å². The third-order valence-corrected chi connectivity index (χ3v) is 3.48. The van der Waals surface area contributed by atoms with E-state index in [0.29, 0.717) is 11.0 Å². The number of thiocarbonyl (C=S) groups is 1. The molecule has 1 aliphatic heterocycles. The van der Waals surface area contributed by atoms with E-state index >= 15 is 0 Å². The molecule has 1 fully saturated rings. The van der Waals surface area contributed by atoms with Gasteiger partial charge in [-0.05, 0) is 43.1 Å². The van der Waals surface area contributed by atoms with Gasteiger partial charge in [0.1, 0.15) is 11.6 Å². The van der Waals surface area contributed by atoms with E-state index in [1.54, 1.807) is 0 Å². The van der Waals surface area contributed by atoms with Crippen LogP contribution in [0.5, 0.6) is 0 Å². The van der Waals surface area contributed by atoms with Gasteiger partial charge in [0, 0.05) is 19.2 Å². The Morgan fingerprint density at radius 3 is 2.89 bits per heavy atom. The third kappa shape index (κ3) is 3.16. The van der Waals surface area contributed by atoms with Crippen LogP contribution in [0.2, 0.25) is 0 Å². The molecule has 0 amide bonds. The molecule has 0 radical (unpaired) electrons. The van der Waals surface area contributed by atoms with Crippen molar-refractivity contribution in [1.82, 2.24) is 4.90 Å². The van der Waals surface area contributed by atoms with E-state index in [4.69, 9.17) is 12.2 Å². The zero-order valence-corrected chi connectivity index (χ0v) is 11.1. The Kier molecular flexibility index (Phi) is 4.11. The molecule has 1 atom stereocenters. The van der Waals surface area contributed by atoms with E-state index in [1.807, 2.05) is 4.90 Å². The summed E-state index contributed by atoms with van der Waals surface area (Å²) in [6.45, 7) is 3.95. The summed E-state index contributed by atoms with van der Waals surface area (Å²) in [5.74, 6) is -0.616. The molecule has 18 heavy (non-hydrogen) atoms.